The highest BCUT2D eigenvalue weighted by molar-refractivity contribution is 7.80. The number of thiocarbonyl (C=S) groups is 1. The van der Waals surface area contributed by atoms with Crippen LogP contribution >= 0.6 is 12.2 Å². The number of benzene rings is 2. The van der Waals surface area contributed by atoms with Crippen molar-refractivity contribution in [2.24, 2.45) is 0 Å². The summed E-state index contributed by atoms with van der Waals surface area (Å²) in [5.74, 6) is -0.340. The largest absolute Gasteiger partial charge is 0.332 e. The van der Waals surface area contributed by atoms with Gasteiger partial charge in [-0.15, -0.1) is 0 Å². The van der Waals surface area contributed by atoms with E-state index >= 15 is 0 Å². The van der Waals surface area contributed by atoms with Crippen LogP contribution in [-0.2, 0) is 16.0 Å². The van der Waals surface area contributed by atoms with Crippen LogP contribution in [0.1, 0.15) is 12.5 Å². The summed E-state index contributed by atoms with van der Waals surface area (Å²) in [6.07, 6.45) is 0.259. The lowest BCUT2D eigenvalue weighted by Gasteiger charge is -2.11. The Morgan fingerprint density at radius 2 is 1.61 bits per heavy atom. The number of hydrogen-bond donors (Lipinski definition) is 3. The van der Waals surface area contributed by atoms with Crippen LogP contribution < -0.4 is 16.0 Å². The van der Waals surface area contributed by atoms with Gasteiger partial charge in [-0.3, -0.25) is 9.59 Å². The van der Waals surface area contributed by atoms with Gasteiger partial charge < -0.3 is 16.0 Å². The Bertz CT molecular complexity index is 717. The third kappa shape index (κ3) is 5.88. The SMILES string of the molecule is CC(=O)Nc1cccc(NC(=S)NC(=O)Cc2ccccc2)c1. The fourth-order valence-electron chi connectivity index (χ4n) is 1.99. The van der Waals surface area contributed by atoms with Crippen molar-refractivity contribution in [1.82, 2.24) is 5.32 Å². The molecule has 2 aromatic rings. The van der Waals surface area contributed by atoms with Crippen LogP contribution in [0, 0.1) is 0 Å². The molecule has 0 aliphatic carbocycles. The van der Waals surface area contributed by atoms with E-state index in [1.165, 1.54) is 6.92 Å². The van der Waals surface area contributed by atoms with Gasteiger partial charge in [-0.1, -0.05) is 36.4 Å². The number of hydrogen-bond acceptors (Lipinski definition) is 3. The van der Waals surface area contributed by atoms with E-state index < -0.39 is 0 Å². The highest BCUT2D eigenvalue weighted by Crippen LogP contribution is 2.14. The van der Waals surface area contributed by atoms with Crippen molar-refractivity contribution < 1.29 is 9.59 Å². The summed E-state index contributed by atoms with van der Waals surface area (Å²) in [4.78, 5) is 23.0. The maximum absolute atomic E-state index is 11.9. The standard InChI is InChI=1S/C17H17N3O2S/c1-12(21)18-14-8-5-9-15(11-14)19-17(23)20-16(22)10-13-6-3-2-4-7-13/h2-9,11H,10H2,1H3,(H,18,21)(H2,19,20,22,23). The van der Waals surface area contributed by atoms with Gasteiger partial charge >= 0.3 is 0 Å². The molecule has 0 bridgehead atoms. The van der Waals surface area contributed by atoms with Crippen LogP contribution in [0.5, 0.6) is 0 Å². The Morgan fingerprint density at radius 3 is 2.26 bits per heavy atom. The lowest BCUT2D eigenvalue weighted by atomic mass is 10.1. The number of rotatable bonds is 4. The van der Waals surface area contributed by atoms with E-state index in [0.717, 1.165) is 5.56 Å². The first-order chi connectivity index (χ1) is 11.0. The van der Waals surface area contributed by atoms with Gasteiger partial charge in [-0.25, -0.2) is 0 Å². The number of carbonyl (C=O) groups is 2. The van der Waals surface area contributed by atoms with Crippen LogP contribution in [0.15, 0.2) is 54.6 Å². The van der Waals surface area contributed by atoms with Gasteiger partial charge in [-0.2, -0.15) is 0 Å². The fourth-order valence-corrected chi connectivity index (χ4v) is 2.22. The van der Waals surface area contributed by atoms with Gasteiger partial charge in [-0.05, 0) is 36.0 Å². The minimum Gasteiger partial charge on any atom is -0.332 e. The van der Waals surface area contributed by atoms with Crippen LogP contribution in [0.2, 0.25) is 0 Å². The van der Waals surface area contributed by atoms with Gasteiger partial charge in [0.1, 0.15) is 0 Å². The molecule has 0 atom stereocenters. The second-order valence-corrected chi connectivity index (χ2v) is 5.33. The average Bonchev–Trinajstić information content (AvgIpc) is 2.47. The second-order valence-electron chi connectivity index (χ2n) is 4.93. The summed E-state index contributed by atoms with van der Waals surface area (Å²) in [6.45, 7) is 1.44. The maximum Gasteiger partial charge on any atom is 0.230 e. The number of amides is 2. The van der Waals surface area contributed by atoms with Crippen molar-refractivity contribution in [3.8, 4) is 0 Å². The predicted molar refractivity (Wildman–Crippen MR) is 95.3 cm³/mol. The predicted octanol–water partition coefficient (Wildman–Crippen LogP) is 2.70. The molecular weight excluding hydrogens is 310 g/mol. The van der Waals surface area contributed by atoms with E-state index in [2.05, 4.69) is 16.0 Å². The van der Waals surface area contributed by atoms with Crippen LogP contribution in [0.3, 0.4) is 0 Å². The Morgan fingerprint density at radius 1 is 0.957 bits per heavy atom. The molecule has 2 amide bonds. The molecular formula is C17H17N3O2S. The van der Waals surface area contributed by atoms with E-state index in [1.807, 2.05) is 30.3 Å². The fraction of sp³-hybridized carbons (Fsp3) is 0.118. The molecule has 0 saturated carbocycles. The molecule has 0 fully saturated rings. The molecule has 6 heteroatoms. The van der Waals surface area contributed by atoms with E-state index in [9.17, 15) is 9.59 Å². The first kappa shape index (κ1) is 16.6. The van der Waals surface area contributed by atoms with E-state index in [1.54, 1.807) is 24.3 Å². The third-order valence-corrected chi connectivity index (χ3v) is 3.11. The molecule has 5 nitrogen and oxygen atoms in total. The Hall–Kier alpha value is -2.73. The summed E-state index contributed by atoms with van der Waals surface area (Å²) in [6, 6.07) is 16.5. The molecule has 0 aromatic heterocycles. The first-order valence-electron chi connectivity index (χ1n) is 7.05. The highest BCUT2D eigenvalue weighted by Gasteiger charge is 2.06. The molecule has 0 unspecified atom stereocenters. The van der Waals surface area contributed by atoms with E-state index in [0.29, 0.717) is 11.4 Å². The van der Waals surface area contributed by atoms with Gasteiger partial charge in [0.15, 0.2) is 5.11 Å². The Labute approximate surface area is 140 Å². The lowest BCUT2D eigenvalue weighted by molar-refractivity contribution is -0.119. The van der Waals surface area contributed by atoms with Crippen LogP contribution in [0.4, 0.5) is 11.4 Å². The zero-order valence-corrected chi connectivity index (χ0v) is 13.4. The van der Waals surface area contributed by atoms with Crippen LogP contribution in [0.25, 0.3) is 0 Å². The normalized spacial score (nSPS) is 9.78. The molecule has 2 aromatic carbocycles. The van der Waals surface area contributed by atoms with Crippen molar-refractivity contribution in [2.75, 3.05) is 10.6 Å². The summed E-state index contributed by atoms with van der Waals surface area (Å²) in [7, 11) is 0. The van der Waals surface area contributed by atoms with Crippen molar-refractivity contribution in [2.45, 2.75) is 13.3 Å². The Kier molecular flexibility index (Phi) is 5.82. The number of nitrogens with one attached hydrogen (secondary N) is 3. The Balaban J connectivity index is 1.89. The van der Waals surface area contributed by atoms with Crippen LogP contribution in [-0.4, -0.2) is 16.9 Å². The summed E-state index contributed by atoms with van der Waals surface area (Å²) >= 11 is 5.13. The molecule has 0 spiro atoms. The first-order valence-corrected chi connectivity index (χ1v) is 7.46. The number of anilines is 2. The molecule has 23 heavy (non-hydrogen) atoms. The summed E-state index contributed by atoms with van der Waals surface area (Å²) in [5.41, 5.74) is 2.25. The molecule has 0 radical (unpaired) electrons. The third-order valence-electron chi connectivity index (χ3n) is 2.90. The minimum atomic E-state index is -0.188. The molecule has 0 aliphatic heterocycles. The summed E-state index contributed by atoms with van der Waals surface area (Å²) in [5, 5.41) is 8.45. The van der Waals surface area contributed by atoms with Gasteiger partial charge in [0.05, 0.1) is 6.42 Å². The second kappa shape index (κ2) is 8.05. The molecule has 0 heterocycles. The van der Waals surface area contributed by atoms with Crippen molar-refractivity contribution >= 4 is 40.5 Å². The zero-order valence-electron chi connectivity index (χ0n) is 12.6. The minimum absolute atomic E-state index is 0.152. The van der Waals surface area contributed by atoms with Gasteiger partial charge in [0, 0.05) is 18.3 Å². The summed E-state index contributed by atoms with van der Waals surface area (Å²) < 4.78 is 0. The quantitative estimate of drug-likeness (QED) is 0.755. The lowest BCUT2D eigenvalue weighted by Crippen LogP contribution is -2.35. The van der Waals surface area contributed by atoms with Gasteiger partial charge in [0.25, 0.3) is 0 Å². The average molecular weight is 327 g/mol. The van der Waals surface area contributed by atoms with Crippen molar-refractivity contribution in [3.63, 3.8) is 0 Å². The zero-order chi connectivity index (χ0) is 16.7. The van der Waals surface area contributed by atoms with E-state index in [4.69, 9.17) is 12.2 Å². The number of carbonyl (C=O) groups excluding carboxylic acids is 2. The molecule has 0 aliphatic rings. The van der Waals surface area contributed by atoms with Crippen molar-refractivity contribution in [1.29, 1.82) is 0 Å². The molecule has 3 N–H and O–H groups in total. The highest BCUT2D eigenvalue weighted by atomic mass is 32.1. The molecule has 118 valence electrons. The van der Waals surface area contributed by atoms with Gasteiger partial charge in [0.2, 0.25) is 11.8 Å². The molecule has 2 rings (SSSR count). The molecule has 0 saturated heterocycles. The maximum atomic E-state index is 11.9. The van der Waals surface area contributed by atoms with E-state index in [-0.39, 0.29) is 23.3 Å². The smallest absolute Gasteiger partial charge is 0.230 e. The topological polar surface area (TPSA) is 70.2 Å². The monoisotopic (exact) mass is 327 g/mol. The van der Waals surface area contributed by atoms with Crippen molar-refractivity contribution in [3.05, 3.63) is 60.2 Å².